The van der Waals surface area contributed by atoms with Gasteiger partial charge in [-0.1, -0.05) is 51.2 Å². The molecule has 0 radical (unpaired) electrons. The summed E-state index contributed by atoms with van der Waals surface area (Å²) in [6, 6.07) is 0. The first-order chi connectivity index (χ1) is 13.9. The van der Waals surface area contributed by atoms with Crippen molar-refractivity contribution in [2.75, 3.05) is 26.4 Å². The van der Waals surface area contributed by atoms with Gasteiger partial charge in [-0.3, -0.25) is 13.8 Å². The minimum Gasteiger partial charge on any atom is -0.463 e. The third-order valence-electron chi connectivity index (χ3n) is 4.13. The fraction of sp³-hybridized carbons (Fsp3) is 0.850. The second-order valence-corrected chi connectivity index (χ2v) is 8.45. The molecule has 0 rings (SSSR count). The van der Waals surface area contributed by atoms with E-state index in [1.165, 1.54) is 32.1 Å². The first-order valence-electron chi connectivity index (χ1n) is 10.7. The number of hydrogen-bond donors (Lipinski definition) is 3. The van der Waals surface area contributed by atoms with Gasteiger partial charge in [0.15, 0.2) is 0 Å². The van der Waals surface area contributed by atoms with Crippen LogP contribution >= 0.6 is 7.82 Å². The van der Waals surface area contributed by atoms with Gasteiger partial charge in [-0.15, -0.1) is 0 Å². The molecule has 0 spiro atoms. The number of carbonyl (C=O) groups is 1. The Morgan fingerprint density at radius 2 is 1.62 bits per heavy atom. The zero-order valence-electron chi connectivity index (χ0n) is 17.8. The lowest BCUT2D eigenvalue weighted by Gasteiger charge is -2.15. The highest BCUT2D eigenvalue weighted by Gasteiger charge is 2.22. The maximum atomic E-state index is 11.6. The number of phosphoric ester groups is 1. The number of ether oxygens (including phenoxy) is 1. The van der Waals surface area contributed by atoms with E-state index in [-0.39, 0.29) is 19.8 Å². The molecular formula is C20H40NO7P. The highest BCUT2D eigenvalue weighted by molar-refractivity contribution is 7.47. The van der Waals surface area contributed by atoms with E-state index < -0.39 is 26.5 Å². The van der Waals surface area contributed by atoms with Crippen molar-refractivity contribution in [1.29, 1.82) is 0 Å². The Hall–Kier alpha value is -0.760. The molecule has 8 nitrogen and oxygen atoms in total. The van der Waals surface area contributed by atoms with E-state index in [0.717, 1.165) is 32.1 Å². The molecule has 0 saturated heterocycles. The van der Waals surface area contributed by atoms with Gasteiger partial charge in [0.1, 0.15) is 12.7 Å². The van der Waals surface area contributed by atoms with Crippen LogP contribution in [0, 0.1) is 0 Å². The van der Waals surface area contributed by atoms with Crippen molar-refractivity contribution in [3.63, 3.8) is 0 Å². The van der Waals surface area contributed by atoms with Crippen LogP contribution in [0.15, 0.2) is 12.2 Å². The Labute approximate surface area is 175 Å². The number of hydrogen-bond acceptors (Lipinski definition) is 7. The third-order valence-corrected chi connectivity index (χ3v) is 5.12. The van der Waals surface area contributed by atoms with Crippen molar-refractivity contribution >= 4 is 13.8 Å². The summed E-state index contributed by atoms with van der Waals surface area (Å²) in [5.41, 5.74) is 5.15. The molecule has 29 heavy (non-hydrogen) atoms. The normalized spacial score (nSPS) is 14.8. The Morgan fingerprint density at radius 3 is 2.28 bits per heavy atom. The summed E-state index contributed by atoms with van der Waals surface area (Å²) in [5.74, 6) is -0.398. The molecule has 0 heterocycles. The highest BCUT2D eigenvalue weighted by atomic mass is 31.2. The molecule has 0 aliphatic rings. The number of aliphatic hydroxyl groups excluding tert-OH is 1. The van der Waals surface area contributed by atoms with Gasteiger partial charge >= 0.3 is 13.8 Å². The SMILES string of the molecule is CCCCC/C=C\CCCCCCCC(=O)OC[C@@H](O)COP(=O)(O)OCCN. The first-order valence-corrected chi connectivity index (χ1v) is 12.2. The number of nitrogens with two attached hydrogens (primary N) is 1. The van der Waals surface area contributed by atoms with Crippen LogP contribution in [0.4, 0.5) is 0 Å². The van der Waals surface area contributed by atoms with Gasteiger partial charge in [0.25, 0.3) is 0 Å². The van der Waals surface area contributed by atoms with E-state index in [4.69, 9.17) is 10.5 Å². The maximum Gasteiger partial charge on any atom is 0.472 e. The molecular weight excluding hydrogens is 397 g/mol. The van der Waals surface area contributed by atoms with Gasteiger partial charge in [0.2, 0.25) is 0 Å². The molecule has 0 amide bonds. The Bertz CT molecular complexity index is 474. The van der Waals surface area contributed by atoms with Crippen LogP contribution in [0.2, 0.25) is 0 Å². The summed E-state index contributed by atoms with van der Waals surface area (Å²) in [6.45, 7) is 1.39. The van der Waals surface area contributed by atoms with Crippen molar-refractivity contribution < 1.29 is 33.1 Å². The van der Waals surface area contributed by atoms with Crippen LogP contribution in [0.1, 0.15) is 77.6 Å². The molecule has 9 heteroatoms. The number of carbonyl (C=O) groups excluding carboxylic acids is 1. The van der Waals surface area contributed by atoms with Gasteiger partial charge < -0.3 is 20.5 Å². The topological polar surface area (TPSA) is 128 Å². The lowest BCUT2D eigenvalue weighted by Crippen LogP contribution is -2.23. The van der Waals surface area contributed by atoms with Gasteiger partial charge in [-0.05, 0) is 32.1 Å². The predicted molar refractivity (Wildman–Crippen MR) is 113 cm³/mol. The number of phosphoric acid groups is 1. The van der Waals surface area contributed by atoms with Crippen molar-refractivity contribution in [3.05, 3.63) is 12.2 Å². The molecule has 0 fully saturated rings. The van der Waals surface area contributed by atoms with Crippen LogP contribution in [0.25, 0.3) is 0 Å². The number of rotatable bonds is 20. The maximum absolute atomic E-state index is 11.6. The lowest BCUT2D eigenvalue weighted by atomic mass is 10.1. The zero-order chi connectivity index (χ0) is 21.8. The molecule has 2 atom stereocenters. The third kappa shape index (κ3) is 20.3. The molecule has 4 N–H and O–H groups in total. The van der Waals surface area contributed by atoms with Crippen LogP contribution in [0.5, 0.6) is 0 Å². The first kappa shape index (κ1) is 28.2. The van der Waals surface area contributed by atoms with E-state index in [0.29, 0.717) is 6.42 Å². The molecule has 0 aromatic heterocycles. The smallest absolute Gasteiger partial charge is 0.463 e. The predicted octanol–water partition coefficient (Wildman–Crippen LogP) is 3.85. The average molecular weight is 438 g/mol. The summed E-state index contributed by atoms with van der Waals surface area (Å²) in [6.07, 6.45) is 14.9. The standard InChI is InChI=1S/C20H40NO7P/c1-2-3-4-5-6-7-8-9-10-11-12-13-14-20(23)26-17-19(22)18-28-29(24,25)27-16-15-21/h6-7,19,22H,2-5,8-18,21H2,1H3,(H,24,25)/b7-6-/t19-/m1/s1. The Morgan fingerprint density at radius 1 is 1.00 bits per heavy atom. The lowest BCUT2D eigenvalue weighted by molar-refractivity contribution is -0.147. The minimum atomic E-state index is -4.24. The molecule has 1 unspecified atom stereocenters. The molecule has 0 aliphatic carbocycles. The summed E-state index contributed by atoms with van der Waals surface area (Å²) in [7, 11) is -4.24. The van der Waals surface area contributed by atoms with Crippen LogP contribution in [-0.2, 0) is 23.1 Å². The summed E-state index contributed by atoms with van der Waals surface area (Å²) < 4.78 is 25.4. The van der Waals surface area contributed by atoms with E-state index in [1.54, 1.807) is 0 Å². The van der Waals surface area contributed by atoms with Gasteiger partial charge in [-0.2, -0.15) is 0 Å². The molecule has 0 aromatic rings. The largest absolute Gasteiger partial charge is 0.472 e. The molecule has 0 aliphatic heterocycles. The molecule has 0 aromatic carbocycles. The Kier molecular flexibility index (Phi) is 18.7. The molecule has 0 saturated carbocycles. The number of esters is 1. The Balaban J connectivity index is 3.54. The van der Waals surface area contributed by atoms with E-state index in [9.17, 15) is 19.4 Å². The van der Waals surface area contributed by atoms with E-state index in [1.807, 2.05) is 0 Å². The van der Waals surface area contributed by atoms with E-state index in [2.05, 4.69) is 28.1 Å². The van der Waals surface area contributed by atoms with Crippen molar-refractivity contribution in [2.45, 2.75) is 83.7 Å². The molecule has 172 valence electrons. The highest BCUT2D eigenvalue weighted by Crippen LogP contribution is 2.42. The number of unbranched alkanes of at least 4 members (excludes halogenated alkanes) is 8. The molecule has 0 bridgehead atoms. The van der Waals surface area contributed by atoms with Crippen molar-refractivity contribution in [1.82, 2.24) is 0 Å². The van der Waals surface area contributed by atoms with Gasteiger partial charge in [0, 0.05) is 13.0 Å². The zero-order valence-corrected chi connectivity index (χ0v) is 18.7. The van der Waals surface area contributed by atoms with Gasteiger partial charge in [-0.25, -0.2) is 4.57 Å². The van der Waals surface area contributed by atoms with Gasteiger partial charge in [0.05, 0.1) is 13.2 Å². The number of aliphatic hydroxyl groups is 1. The second kappa shape index (κ2) is 19.2. The van der Waals surface area contributed by atoms with E-state index >= 15 is 0 Å². The monoisotopic (exact) mass is 437 g/mol. The summed E-state index contributed by atoms with van der Waals surface area (Å²) in [4.78, 5) is 20.9. The fourth-order valence-electron chi connectivity index (χ4n) is 2.50. The average Bonchev–Trinajstić information content (AvgIpc) is 2.70. The van der Waals surface area contributed by atoms with Crippen LogP contribution in [0.3, 0.4) is 0 Å². The summed E-state index contributed by atoms with van der Waals surface area (Å²) in [5, 5.41) is 9.64. The fourth-order valence-corrected chi connectivity index (χ4v) is 3.28. The second-order valence-electron chi connectivity index (χ2n) is 7.00. The van der Waals surface area contributed by atoms with Crippen LogP contribution < -0.4 is 5.73 Å². The number of allylic oxidation sites excluding steroid dienone is 2. The quantitative estimate of drug-likeness (QED) is 0.113. The summed E-state index contributed by atoms with van der Waals surface area (Å²) >= 11 is 0. The van der Waals surface area contributed by atoms with Crippen LogP contribution in [-0.4, -0.2) is 48.4 Å². The minimum absolute atomic E-state index is 0.0737. The van der Waals surface area contributed by atoms with Crippen molar-refractivity contribution in [3.8, 4) is 0 Å². The van der Waals surface area contributed by atoms with Crippen molar-refractivity contribution in [2.24, 2.45) is 5.73 Å².